The summed E-state index contributed by atoms with van der Waals surface area (Å²) in [5, 5.41) is 6.58. The molecule has 2 rings (SSSR count). The van der Waals surface area contributed by atoms with Crippen molar-refractivity contribution < 1.29 is 0 Å². The quantitative estimate of drug-likeness (QED) is 0.826. The summed E-state index contributed by atoms with van der Waals surface area (Å²) in [6.45, 7) is 4.15. The van der Waals surface area contributed by atoms with E-state index >= 15 is 0 Å². The van der Waals surface area contributed by atoms with Gasteiger partial charge in [0.2, 0.25) is 5.95 Å². The topological polar surface area (TPSA) is 41.9 Å². The van der Waals surface area contributed by atoms with Gasteiger partial charge in [0.1, 0.15) is 0 Å². The smallest absolute Gasteiger partial charge is 0.203 e. The molecule has 0 spiro atoms. The van der Waals surface area contributed by atoms with Crippen LogP contribution in [0.15, 0.2) is 24.3 Å². The predicted molar refractivity (Wildman–Crippen MR) is 72.3 cm³/mol. The van der Waals surface area contributed by atoms with E-state index < -0.39 is 0 Å². The zero-order valence-corrected chi connectivity index (χ0v) is 10.7. The predicted octanol–water partition coefficient (Wildman–Crippen LogP) is 1.84. The molecule has 0 aliphatic heterocycles. The number of para-hydroxylation sites is 2. The van der Waals surface area contributed by atoms with Crippen LogP contribution < -0.4 is 10.6 Å². The number of nitrogens with one attached hydrogen (secondary N) is 2. The van der Waals surface area contributed by atoms with E-state index in [2.05, 4.69) is 33.2 Å². The van der Waals surface area contributed by atoms with Crippen LogP contribution in [0.3, 0.4) is 0 Å². The Morgan fingerprint density at radius 3 is 2.76 bits per heavy atom. The minimum Gasteiger partial charge on any atom is -0.355 e. The highest BCUT2D eigenvalue weighted by atomic mass is 15.2. The number of benzene rings is 1. The van der Waals surface area contributed by atoms with E-state index in [0.717, 1.165) is 30.1 Å². The van der Waals surface area contributed by atoms with Gasteiger partial charge < -0.3 is 15.2 Å². The van der Waals surface area contributed by atoms with Gasteiger partial charge >= 0.3 is 0 Å². The van der Waals surface area contributed by atoms with Crippen molar-refractivity contribution >= 4 is 17.0 Å². The molecule has 1 unspecified atom stereocenters. The molecule has 2 aromatic rings. The van der Waals surface area contributed by atoms with Gasteiger partial charge in [-0.05, 0) is 31.6 Å². The number of fused-ring (bicyclic) bond motifs is 1. The lowest BCUT2D eigenvalue weighted by Crippen LogP contribution is -2.23. The van der Waals surface area contributed by atoms with Gasteiger partial charge in [0, 0.05) is 13.6 Å². The van der Waals surface area contributed by atoms with Crippen LogP contribution >= 0.6 is 0 Å². The van der Waals surface area contributed by atoms with Gasteiger partial charge in [-0.1, -0.05) is 19.1 Å². The molecule has 0 radical (unpaired) electrons. The molecule has 4 heteroatoms. The van der Waals surface area contributed by atoms with Gasteiger partial charge in [0.25, 0.3) is 0 Å². The van der Waals surface area contributed by atoms with E-state index in [1.807, 2.05) is 32.3 Å². The summed E-state index contributed by atoms with van der Waals surface area (Å²) >= 11 is 0. The second-order valence-electron chi connectivity index (χ2n) is 4.53. The molecule has 1 aromatic carbocycles. The molecule has 0 aliphatic rings. The molecule has 92 valence electrons. The number of aryl methyl sites for hydroxylation is 1. The molecule has 0 bridgehead atoms. The van der Waals surface area contributed by atoms with Crippen molar-refractivity contribution in [1.82, 2.24) is 14.9 Å². The summed E-state index contributed by atoms with van der Waals surface area (Å²) in [7, 11) is 4.02. The Bertz CT molecular complexity index is 489. The number of hydrogen-bond donors (Lipinski definition) is 2. The molecule has 0 saturated carbocycles. The lowest BCUT2D eigenvalue weighted by molar-refractivity contribution is 0.567. The normalized spacial score (nSPS) is 12.9. The minimum absolute atomic E-state index is 0.583. The maximum atomic E-state index is 4.58. The Hall–Kier alpha value is -1.55. The lowest BCUT2D eigenvalue weighted by atomic mass is 10.2. The number of imidazole rings is 1. The summed E-state index contributed by atoms with van der Waals surface area (Å²) in [6, 6.07) is 8.18. The first-order chi connectivity index (χ1) is 8.22. The second kappa shape index (κ2) is 5.19. The molecular weight excluding hydrogens is 212 g/mol. The van der Waals surface area contributed by atoms with Crippen LogP contribution in [0.4, 0.5) is 5.95 Å². The Morgan fingerprint density at radius 1 is 1.29 bits per heavy atom. The SMILES string of the molecule is CNCC(C)CNc1nc2ccccc2n1C. The average Bonchev–Trinajstić information content (AvgIpc) is 2.65. The monoisotopic (exact) mass is 232 g/mol. The Morgan fingerprint density at radius 2 is 2.06 bits per heavy atom. The summed E-state index contributed by atoms with van der Waals surface area (Å²) in [5.74, 6) is 1.52. The van der Waals surface area contributed by atoms with Crippen molar-refractivity contribution in [3.63, 3.8) is 0 Å². The first kappa shape index (κ1) is 11.9. The first-order valence-corrected chi connectivity index (χ1v) is 6.02. The number of hydrogen-bond acceptors (Lipinski definition) is 3. The Kier molecular flexibility index (Phi) is 3.64. The summed E-state index contributed by atoms with van der Waals surface area (Å²) < 4.78 is 2.10. The molecule has 1 heterocycles. The molecular formula is C13H20N4. The van der Waals surface area contributed by atoms with Gasteiger partial charge in [-0.2, -0.15) is 0 Å². The van der Waals surface area contributed by atoms with Crippen LogP contribution in [0.1, 0.15) is 6.92 Å². The Balaban J connectivity index is 2.11. The summed E-state index contributed by atoms with van der Waals surface area (Å²) in [4.78, 5) is 4.58. The number of anilines is 1. The molecule has 1 atom stereocenters. The first-order valence-electron chi connectivity index (χ1n) is 6.02. The van der Waals surface area contributed by atoms with Crippen LogP contribution in [0.2, 0.25) is 0 Å². The van der Waals surface area contributed by atoms with E-state index in [9.17, 15) is 0 Å². The summed E-state index contributed by atoms with van der Waals surface area (Å²) in [6.07, 6.45) is 0. The highest BCUT2D eigenvalue weighted by molar-refractivity contribution is 5.78. The maximum Gasteiger partial charge on any atom is 0.203 e. The standard InChI is InChI=1S/C13H20N4/c1-10(8-14-2)9-15-13-16-11-6-4-5-7-12(11)17(13)3/h4-7,10,14H,8-9H2,1-3H3,(H,15,16). The number of rotatable bonds is 5. The second-order valence-corrected chi connectivity index (χ2v) is 4.53. The highest BCUT2D eigenvalue weighted by Crippen LogP contribution is 2.17. The fourth-order valence-electron chi connectivity index (χ4n) is 1.99. The van der Waals surface area contributed by atoms with E-state index in [1.165, 1.54) is 0 Å². The van der Waals surface area contributed by atoms with Gasteiger partial charge in [-0.3, -0.25) is 0 Å². The summed E-state index contributed by atoms with van der Waals surface area (Å²) in [5.41, 5.74) is 2.20. The molecule has 17 heavy (non-hydrogen) atoms. The molecule has 0 aliphatic carbocycles. The van der Waals surface area contributed by atoms with E-state index in [1.54, 1.807) is 0 Å². The van der Waals surface area contributed by atoms with Crippen molar-refractivity contribution in [1.29, 1.82) is 0 Å². The van der Waals surface area contributed by atoms with Crippen molar-refractivity contribution in [2.24, 2.45) is 13.0 Å². The van der Waals surface area contributed by atoms with Gasteiger partial charge in [0.05, 0.1) is 11.0 Å². The zero-order valence-electron chi connectivity index (χ0n) is 10.7. The average molecular weight is 232 g/mol. The van der Waals surface area contributed by atoms with Crippen molar-refractivity contribution in [2.75, 3.05) is 25.5 Å². The molecule has 4 nitrogen and oxygen atoms in total. The molecule has 0 saturated heterocycles. The van der Waals surface area contributed by atoms with Crippen LogP contribution in [0, 0.1) is 5.92 Å². The number of nitrogens with zero attached hydrogens (tertiary/aromatic N) is 2. The highest BCUT2D eigenvalue weighted by Gasteiger charge is 2.07. The largest absolute Gasteiger partial charge is 0.355 e. The molecule has 1 aromatic heterocycles. The van der Waals surface area contributed by atoms with Crippen molar-refractivity contribution in [2.45, 2.75) is 6.92 Å². The lowest BCUT2D eigenvalue weighted by Gasteiger charge is -2.12. The van der Waals surface area contributed by atoms with Gasteiger partial charge in [-0.25, -0.2) is 4.98 Å². The van der Waals surface area contributed by atoms with Crippen LogP contribution in [-0.4, -0.2) is 29.7 Å². The Labute approximate surface area is 102 Å². The van der Waals surface area contributed by atoms with E-state index in [-0.39, 0.29) is 0 Å². The molecule has 0 amide bonds. The fraction of sp³-hybridized carbons (Fsp3) is 0.462. The number of aromatic nitrogens is 2. The van der Waals surface area contributed by atoms with Crippen molar-refractivity contribution in [3.8, 4) is 0 Å². The van der Waals surface area contributed by atoms with Gasteiger partial charge in [-0.15, -0.1) is 0 Å². The third-order valence-corrected chi connectivity index (χ3v) is 2.95. The van der Waals surface area contributed by atoms with E-state index in [0.29, 0.717) is 5.92 Å². The third kappa shape index (κ3) is 2.58. The molecule has 0 fully saturated rings. The van der Waals surface area contributed by atoms with Crippen LogP contribution in [0.5, 0.6) is 0 Å². The fourth-order valence-corrected chi connectivity index (χ4v) is 1.99. The van der Waals surface area contributed by atoms with E-state index in [4.69, 9.17) is 0 Å². The maximum absolute atomic E-state index is 4.58. The van der Waals surface area contributed by atoms with Crippen molar-refractivity contribution in [3.05, 3.63) is 24.3 Å². The molecule has 2 N–H and O–H groups in total. The third-order valence-electron chi connectivity index (χ3n) is 2.95. The minimum atomic E-state index is 0.583. The van der Waals surface area contributed by atoms with Crippen LogP contribution in [-0.2, 0) is 7.05 Å². The van der Waals surface area contributed by atoms with Gasteiger partial charge in [0.15, 0.2) is 0 Å². The van der Waals surface area contributed by atoms with Crippen LogP contribution in [0.25, 0.3) is 11.0 Å². The zero-order chi connectivity index (χ0) is 12.3.